The molecule has 158 valence electrons. The lowest BCUT2D eigenvalue weighted by atomic mass is 10.1. The van der Waals surface area contributed by atoms with Crippen LogP contribution in [0.15, 0.2) is 60.7 Å². The van der Waals surface area contributed by atoms with E-state index in [0.29, 0.717) is 5.56 Å². The summed E-state index contributed by atoms with van der Waals surface area (Å²) in [6.07, 6.45) is -4.69. The average molecular weight is 431 g/mol. The van der Waals surface area contributed by atoms with Crippen LogP contribution in [0.2, 0.25) is 0 Å². The first-order valence-electron chi connectivity index (χ1n) is 9.08. The number of imidazole rings is 1. The summed E-state index contributed by atoms with van der Waals surface area (Å²) in [6, 6.07) is 13.6. The van der Waals surface area contributed by atoms with Crippen LogP contribution in [-0.4, -0.2) is 15.5 Å². The van der Waals surface area contributed by atoms with Gasteiger partial charge in [-0.25, -0.2) is 13.8 Å². The summed E-state index contributed by atoms with van der Waals surface area (Å²) >= 11 is 0. The third-order valence-corrected chi connectivity index (χ3v) is 4.73. The van der Waals surface area contributed by atoms with Gasteiger partial charge in [0.05, 0.1) is 16.6 Å². The summed E-state index contributed by atoms with van der Waals surface area (Å²) in [5.74, 6) is -4.40. The van der Waals surface area contributed by atoms with E-state index < -0.39 is 35.1 Å². The number of benzene rings is 3. The van der Waals surface area contributed by atoms with Crippen molar-refractivity contribution in [2.45, 2.75) is 13.1 Å². The molecule has 0 aliphatic heterocycles. The topological polar surface area (TPSA) is 46.9 Å². The zero-order valence-corrected chi connectivity index (χ0v) is 16.0. The normalized spacial score (nSPS) is 11.7. The molecule has 3 aromatic carbocycles. The minimum atomic E-state index is -4.69. The van der Waals surface area contributed by atoms with Crippen molar-refractivity contribution in [2.75, 3.05) is 5.32 Å². The number of aromatic nitrogens is 2. The summed E-state index contributed by atoms with van der Waals surface area (Å²) in [5.41, 5.74) is 0.833. The molecule has 4 rings (SSSR count). The summed E-state index contributed by atoms with van der Waals surface area (Å²) in [4.78, 5) is 16.0. The number of nitrogens with one attached hydrogen (secondary N) is 1. The Morgan fingerprint density at radius 1 is 1.00 bits per heavy atom. The molecule has 0 atom stereocenters. The van der Waals surface area contributed by atoms with E-state index in [1.54, 1.807) is 19.1 Å². The molecular formula is C22H14F5N3O. The minimum absolute atomic E-state index is 0.187. The van der Waals surface area contributed by atoms with E-state index in [0.717, 1.165) is 16.7 Å². The van der Waals surface area contributed by atoms with Gasteiger partial charge in [0.1, 0.15) is 0 Å². The Hall–Kier alpha value is -3.75. The smallest absolute Gasteiger partial charge is 0.322 e. The molecule has 0 saturated carbocycles. The number of fused-ring (bicyclic) bond motifs is 1. The van der Waals surface area contributed by atoms with Gasteiger partial charge in [0.25, 0.3) is 5.91 Å². The second-order valence-corrected chi connectivity index (χ2v) is 6.81. The molecule has 1 heterocycles. The van der Waals surface area contributed by atoms with Crippen LogP contribution < -0.4 is 5.32 Å². The minimum Gasteiger partial charge on any atom is -0.322 e. The molecule has 0 aliphatic carbocycles. The van der Waals surface area contributed by atoms with E-state index in [4.69, 9.17) is 0 Å². The Kier molecular flexibility index (Phi) is 4.96. The Labute approximate surface area is 172 Å². The van der Waals surface area contributed by atoms with Gasteiger partial charge in [-0.2, -0.15) is 13.2 Å². The lowest BCUT2D eigenvalue weighted by molar-refractivity contribution is -0.145. The lowest BCUT2D eigenvalue weighted by Gasteiger charge is -2.14. The largest absolute Gasteiger partial charge is 0.450 e. The molecule has 0 spiro atoms. The first-order valence-corrected chi connectivity index (χ1v) is 9.08. The van der Waals surface area contributed by atoms with Crippen LogP contribution >= 0.6 is 0 Å². The maximum atomic E-state index is 13.9. The van der Waals surface area contributed by atoms with E-state index in [1.165, 1.54) is 36.4 Å². The van der Waals surface area contributed by atoms with E-state index in [9.17, 15) is 26.7 Å². The zero-order chi connectivity index (χ0) is 22.3. The van der Waals surface area contributed by atoms with Crippen LogP contribution in [0.25, 0.3) is 16.7 Å². The number of amides is 1. The summed E-state index contributed by atoms with van der Waals surface area (Å²) in [5, 5.41) is 2.46. The fourth-order valence-electron chi connectivity index (χ4n) is 3.27. The molecular weight excluding hydrogens is 417 g/mol. The van der Waals surface area contributed by atoms with E-state index in [-0.39, 0.29) is 22.4 Å². The van der Waals surface area contributed by atoms with Crippen molar-refractivity contribution in [1.82, 2.24) is 9.55 Å². The molecule has 0 unspecified atom stereocenters. The van der Waals surface area contributed by atoms with Gasteiger partial charge in [0.2, 0.25) is 5.82 Å². The van der Waals surface area contributed by atoms with Gasteiger partial charge in [0.15, 0.2) is 11.6 Å². The van der Waals surface area contributed by atoms with E-state index in [2.05, 4.69) is 10.3 Å². The van der Waals surface area contributed by atoms with Gasteiger partial charge in [-0.1, -0.05) is 18.2 Å². The molecule has 0 aliphatic rings. The Morgan fingerprint density at radius 3 is 2.45 bits per heavy atom. The Morgan fingerprint density at radius 2 is 1.74 bits per heavy atom. The van der Waals surface area contributed by atoms with Gasteiger partial charge in [-0.15, -0.1) is 0 Å². The predicted molar refractivity (Wildman–Crippen MR) is 105 cm³/mol. The maximum Gasteiger partial charge on any atom is 0.450 e. The highest BCUT2D eigenvalue weighted by molar-refractivity contribution is 6.04. The lowest BCUT2D eigenvalue weighted by Crippen LogP contribution is -2.16. The zero-order valence-electron chi connectivity index (χ0n) is 16.0. The summed E-state index contributed by atoms with van der Waals surface area (Å²) in [6.45, 7) is 1.58. The Bertz CT molecular complexity index is 1310. The number of anilines is 1. The van der Waals surface area contributed by atoms with Crippen LogP contribution in [0, 0.1) is 18.6 Å². The van der Waals surface area contributed by atoms with Gasteiger partial charge >= 0.3 is 6.18 Å². The van der Waals surface area contributed by atoms with Crippen LogP contribution in [-0.2, 0) is 6.18 Å². The molecule has 0 radical (unpaired) electrons. The van der Waals surface area contributed by atoms with Crippen molar-refractivity contribution >= 4 is 22.6 Å². The van der Waals surface area contributed by atoms with Crippen molar-refractivity contribution in [3.8, 4) is 5.69 Å². The first-order chi connectivity index (χ1) is 14.7. The maximum absolute atomic E-state index is 13.9. The molecule has 0 fully saturated rings. The highest BCUT2D eigenvalue weighted by Crippen LogP contribution is 2.34. The molecule has 1 amide bonds. The number of rotatable bonds is 3. The van der Waals surface area contributed by atoms with Crippen LogP contribution in [0.3, 0.4) is 0 Å². The second kappa shape index (κ2) is 7.50. The van der Waals surface area contributed by atoms with Crippen molar-refractivity contribution in [3.63, 3.8) is 0 Å². The number of para-hydroxylation sites is 2. The second-order valence-electron chi connectivity index (χ2n) is 6.81. The third kappa shape index (κ3) is 3.74. The standard InChI is InChI=1S/C22H14F5N3O/c1-12-11-13(30-18-8-3-2-7-17(18)29-21(30)22(25,26)27)9-10-16(12)28-20(31)14-5-4-6-15(23)19(14)24/h2-11H,1H3,(H,28,31). The fraction of sp³-hybridized carbons (Fsp3) is 0.0909. The van der Waals surface area contributed by atoms with Gasteiger partial charge in [0, 0.05) is 11.4 Å². The highest BCUT2D eigenvalue weighted by Gasteiger charge is 2.38. The quantitative estimate of drug-likeness (QED) is 0.412. The van der Waals surface area contributed by atoms with Gasteiger partial charge in [-0.05, 0) is 55.0 Å². The number of hydrogen-bond donors (Lipinski definition) is 1. The summed E-state index contributed by atoms with van der Waals surface area (Å²) in [7, 11) is 0. The molecule has 31 heavy (non-hydrogen) atoms. The van der Waals surface area contributed by atoms with Crippen molar-refractivity contribution in [3.05, 3.63) is 89.2 Å². The van der Waals surface area contributed by atoms with Crippen molar-refractivity contribution in [2.24, 2.45) is 0 Å². The van der Waals surface area contributed by atoms with Crippen LogP contribution in [0.4, 0.5) is 27.6 Å². The molecule has 1 aromatic heterocycles. The number of aryl methyl sites for hydroxylation is 1. The van der Waals surface area contributed by atoms with Crippen molar-refractivity contribution < 1.29 is 26.7 Å². The predicted octanol–water partition coefficient (Wildman–Crippen LogP) is 5.88. The fourth-order valence-corrected chi connectivity index (χ4v) is 3.27. The number of nitrogens with zero attached hydrogens (tertiary/aromatic N) is 2. The summed E-state index contributed by atoms with van der Waals surface area (Å²) < 4.78 is 68.9. The molecule has 0 saturated heterocycles. The Balaban J connectivity index is 1.74. The molecule has 4 aromatic rings. The van der Waals surface area contributed by atoms with Crippen molar-refractivity contribution in [1.29, 1.82) is 0 Å². The van der Waals surface area contributed by atoms with Crippen LogP contribution in [0.5, 0.6) is 0 Å². The van der Waals surface area contributed by atoms with E-state index in [1.807, 2.05) is 0 Å². The first kappa shape index (κ1) is 20.5. The van der Waals surface area contributed by atoms with Gasteiger partial charge < -0.3 is 5.32 Å². The number of carbonyl (C=O) groups excluding carboxylic acids is 1. The number of alkyl halides is 3. The number of hydrogen-bond acceptors (Lipinski definition) is 2. The molecule has 4 nitrogen and oxygen atoms in total. The number of halogens is 5. The number of carbonyl (C=O) groups is 1. The molecule has 1 N–H and O–H groups in total. The molecule has 0 bridgehead atoms. The van der Waals surface area contributed by atoms with Crippen LogP contribution in [0.1, 0.15) is 21.7 Å². The molecule has 9 heteroatoms. The monoisotopic (exact) mass is 431 g/mol. The third-order valence-electron chi connectivity index (χ3n) is 4.73. The highest BCUT2D eigenvalue weighted by atomic mass is 19.4. The average Bonchev–Trinajstić information content (AvgIpc) is 3.11. The van der Waals surface area contributed by atoms with Gasteiger partial charge in [-0.3, -0.25) is 9.36 Å². The SMILES string of the molecule is Cc1cc(-n2c(C(F)(F)F)nc3ccccc32)ccc1NC(=O)c1cccc(F)c1F. The van der Waals surface area contributed by atoms with E-state index >= 15 is 0 Å².